The van der Waals surface area contributed by atoms with E-state index < -0.39 is 0 Å². The number of likely N-dealkylation sites (tertiary alicyclic amines) is 1. The maximum Gasteiger partial charge on any atom is 0.0695 e. The molecule has 16 heavy (non-hydrogen) atoms. The van der Waals surface area contributed by atoms with Crippen LogP contribution >= 0.6 is 0 Å². The number of rotatable bonds is 2. The number of aliphatic hydroxyl groups excluding tert-OH is 1. The molecule has 94 valence electrons. The van der Waals surface area contributed by atoms with Gasteiger partial charge in [-0.25, -0.2) is 0 Å². The van der Waals surface area contributed by atoms with Crippen LogP contribution in [-0.4, -0.2) is 41.3 Å². The number of nitrogens with zero attached hydrogens (tertiary/aromatic N) is 1. The minimum absolute atomic E-state index is 0.116. The highest BCUT2D eigenvalue weighted by Crippen LogP contribution is 2.27. The molecule has 1 heterocycles. The summed E-state index contributed by atoms with van der Waals surface area (Å²) in [6.07, 6.45) is 9.59. The Kier molecular flexibility index (Phi) is 4.62. The molecule has 3 nitrogen and oxygen atoms in total. The number of nitrogens with two attached hydrogens (primary N) is 1. The number of hydrogen-bond acceptors (Lipinski definition) is 3. The molecule has 0 radical (unpaired) electrons. The van der Waals surface area contributed by atoms with Gasteiger partial charge < -0.3 is 10.8 Å². The third kappa shape index (κ3) is 2.76. The second-order valence-electron chi connectivity index (χ2n) is 5.40. The molecule has 2 fully saturated rings. The molecule has 0 amide bonds. The van der Waals surface area contributed by atoms with Crippen LogP contribution in [0.2, 0.25) is 0 Å². The van der Waals surface area contributed by atoms with Crippen LogP contribution in [0.4, 0.5) is 0 Å². The molecule has 3 heteroatoms. The molecular formula is C13H26N2O. The van der Waals surface area contributed by atoms with Crippen LogP contribution in [0, 0.1) is 0 Å². The van der Waals surface area contributed by atoms with Gasteiger partial charge in [-0.3, -0.25) is 4.90 Å². The molecule has 0 bridgehead atoms. The van der Waals surface area contributed by atoms with Gasteiger partial charge in [0.15, 0.2) is 0 Å². The third-order valence-corrected chi connectivity index (χ3v) is 4.31. The molecule has 1 saturated carbocycles. The summed E-state index contributed by atoms with van der Waals surface area (Å²) in [7, 11) is 0. The van der Waals surface area contributed by atoms with Gasteiger partial charge in [-0.05, 0) is 32.2 Å². The largest absolute Gasteiger partial charge is 0.391 e. The van der Waals surface area contributed by atoms with Crippen molar-refractivity contribution >= 4 is 0 Å². The number of aliphatic hydroxyl groups is 1. The highest BCUT2D eigenvalue weighted by molar-refractivity contribution is 4.88. The van der Waals surface area contributed by atoms with Crippen molar-refractivity contribution in [2.45, 2.75) is 69.6 Å². The second-order valence-corrected chi connectivity index (χ2v) is 5.40. The maximum atomic E-state index is 10.2. The smallest absolute Gasteiger partial charge is 0.0695 e. The highest BCUT2D eigenvalue weighted by Gasteiger charge is 2.32. The van der Waals surface area contributed by atoms with Gasteiger partial charge in [0.1, 0.15) is 0 Å². The zero-order chi connectivity index (χ0) is 11.4. The first-order valence-electron chi connectivity index (χ1n) is 6.97. The zero-order valence-electron chi connectivity index (χ0n) is 10.3. The third-order valence-electron chi connectivity index (χ3n) is 4.31. The van der Waals surface area contributed by atoms with Crippen LogP contribution in [0.15, 0.2) is 0 Å². The van der Waals surface area contributed by atoms with Gasteiger partial charge in [-0.15, -0.1) is 0 Å². The molecule has 1 saturated heterocycles. The topological polar surface area (TPSA) is 49.5 Å². The van der Waals surface area contributed by atoms with Crippen LogP contribution in [0.5, 0.6) is 0 Å². The summed E-state index contributed by atoms with van der Waals surface area (Å²) in [6.45, 7) is 1.90. The van der Waals surface area contributed by atoms with Crippen molar-refractivity contribution in [3.8, 4) is 0 Å². The summed E-state index contributed by atoms with van der Waals surface area (Å²) in [5.41, 5.74) is 5.86. The summed E-state index contributed by atoms with van der Waals surface area (Å²) < 4.78 is 0. The van der Waals surface area contributed by atoms with Gasteiger partial charge in [0.05, 0.1) is 6.10 Å². The summed E-state index contributed by atoms with van der Waals surface area (Å²) in [6, 6.07) is 0.905. The molecule has 0 aromatic heterocycles. The van der Waals surface area contributed by atoms with Crippen molar-refractivity contribution in [2.24, 2.45) is 5.73 Å². The monoisotopic (exact) mass is 226 g/mol. The molecular weight excluding hydrogens is 200 g/mol. The fraction of sp³-hybridized carbons (Fsp3) is 1.00. The molecule has 3 atom stereocenters. The molecule has 2 aliphatic rings. The highest BCUT2D eigenvalue weighted by atomic mass is 16.3. The fourth-order valence-electron chi connectivity index (χ4n) is 3.37. The van der Waals surface area contributed by atoms with Gasteiger partial charge >= 0.3 is 0 Å². The molecule has 3 unspecified atom stereocenters. The van der Waals surface area contributed by atoms with E-state index in [1.807, 2.05) is 0 Å². The first-order valence-corrected chi connectivity index (χ1v) is 6.97. The van der Waals surface area contributed by atoms with Crippen LogP contribution in [0.25, 0.3) is 0 Å². The lowest BCUT2D eigenvalue weighted by Crippen LogP contribution is -2.53. The van der Waals surface area contributed by atoms with Crippen LogP contribution in [-0.2, 0) is 0 Å². The van der Waals surface area contributed by atoms with E-state index in [4.69, 9.17) is 5.73 Å². The van der Waals surface area contributed by atoms with E-state index in [-0.39, 0.29) is 6.10 Å². The Labute approximate surface area is 99.0 Å². The lowest BCUT2D eigenvalue weighted by molar-refractivity contribution is 0.00651. The van der Waals surface area contributed by atoms with Gasteiger partial charge in [0.2, 0.25) is 0 Å². The standard InChI is InChI=1S/C13H26N2O/c14-10-11-6-4-5-9-15(11)12-7-2-1-3-8-13(12)16/h11-13,16H,1-10,14H2. The van der Waals surface area contributed by atoms with Gasteiger partial charge in [-0.1, -0.05) is 25.7 Å². The first-order chi connectivity index (χ1) is 7.83. The van der Waals surface area contributed by atoms with Crippen molar-refractivity contribution in [2.75, 3.05) is 13.1 Å². The summed E-state index contributed by atoms with van der Waals surface area (Å²) in [5, 5.41) is 10.2. The van der Waals surface area contributed by atoms with E-state index in [0.29, 0.717) is 12.1 Å². The Morgan fingerprint density at radius 1 is 1.00 bits per heavy atom. The van der Waals surface area contributed by atoms with Crippen LogP contribution in [0.3, 0.4) is 0 Å². The molecule has 1 aliphatic carbocycles. The van der Waals surface area contributed by atoms with E-state index in [1.54, 1.807) is 0 Å². The minimum atomic E-state index is -0.116. The van der Waals surface area contributed by atoms with Crippen LogP contribution < -0.4 is 5.73 Å². The molecule has 0 aromatic carbocycles. The molecule has 0 aromatic rings. The molecule has 0 spiro atoms. The maximum absolute atomic E-state index is 10.2. The number of hydrogen-bond donors (Lipinski definition) is 2. The Bertz CT molecular complexity index is 210. The van der Waals surface area contributed by atoms with Gasteiger partial charge in [-0.2, -0.15) is 0 Å². The SMILES string of the molecule is NCC1CCCCN1C1CCCCCC1O. The predicted octanol–water partition coefficient (Wildman–Crippen LogP) is 1.49. The molecule has 3 N–H and O–H groups in total. The zero-order valence-corrected chi connectivity index (χ0v) is 10.3. The van der Waals surface area contributed by atoms with Crippen molar-refractivity contribution < 1.29 is 5.11 Å². The summed E-state index contributed by atoms with van der Waals surface area (Å²) in [4.78, 5) is 2.51. The fourth-order valence-corrected chi connectivity index (χ4v) is 3.37. The Hall–Kier alpha value is -0.120. The van der Waals surface area contributed by atoms with E-state index in [2.05, 4.69) is 4.90 Å². The first kappa shape index (κ1) is 12.3. The van der Waals surface area contributed by atoms with Gasteiger partial charge in [0, 0.05) is 18.6 Å². The summed E-state index contributed by atoms with van der Waals surface area (Å²) >= 11 is 0. The van der Waals surface area contributed by atoms with E-state index in [0.717, 1.165) is 25.9 Å². The quantitative estimate of drug-likeness (QED) is 0.701. The Balaban J connectivity index is 2.01. The normalized spacial score (nSPS) is 38.2. The van der Waals surface area contributed by atoms with Crippen molar-refractivity contribution in [1.82, 2.24) is 4.90 Å². The minimum Gasteiger partial charge on any atom is -0.391 e. The van der Waals surface area contributed by atoms with Crippen molar-refractivity contribution in [3.63, 3.8) is 0 Å². The lowest BCUT2D eigenvalue weighted by atomic mass is 9.95. The van der Waals surface area contributed by atoms with Gasteiger partial charge in [0.25, 0.3) is 0 Å². The average Bonchev–Trinajstić information content (AvgIpc) is 2.54. The lowest BCUT2D eigenvalue weighted by Gasteiger charge is -2.42. The summed E-state index contributed by atoms with van der Waals surface area (Å²) in [5.74, 6) is 0. The van der Waals surface area contributed by atoms with Crippen LogP contribution in [0.1, 0.15) is 51.4 Å². The van der Waals surface area contributed by atoms with Crippen molar-refractivity contribution in [3.05, 3.63) is 0 Å². The number of piperidine rings is 1. The van der Waals surface area contributed by atoms with E-state index in [1.165, 1.54) is 38.5 Å². The van der Waals surface area contributed by atoms with Crippen molar-refractivity contribution in [1.29, 1.82) is 0 Å². The van der Waals surface area contributed by atoms with E-state index >= 15 is 0 Å². The Morgan fingerprint density at radius 3 is 2.56 bits per heavy atom. The van der Waals surface area contributed by atoms with E-state index in [9.17, 15) is 5.11 Å². The molecule has 1 aliphatic heterocycles. The second kappa shape index (κ2) is 5.99. The Morgan fingerprint density at radius 2 is 1.75 bits per heavy atom. The predicted molar refractivity (Wildman–Crippen MR) is 66.3 cm³/mol. The average molecular weight is 226 g/mol. The molecule has 2 rings (SSSR count).